The monoisotopic (exact) mass is 241 g/mol. The molecule has 2 unspecified atom stereocenters. The van der Waals surface area contributed by atoms with Gasteiger partial charge in [-0.3, -0.25) is 4.79 Å². The largest absolute Gasteiger partial charge is 0.481 e. The number of carbonyl (C=O) groups is 1. The lowest BCUT2D eigenvalue weighted by Gasteiger charge is -2.34. The van der Waals surface area contributed by atoms with Gasteiger partial charge >= 0.3 is 5.97 Å². The van der Waals surface area contributed by atoms with Gasteiger partial charge in [-0.2, -0.15) is 0 Å². The average Bonchev–Trinajstić information content (AvgIpc) is 2.33. The summed E-state index contributed by atoms with van der Waals surface area (Å²) >= 11 is 0. The summed E-state index contributed by atoms with van der Waals surface area (Å²) < 4.78 is 0. The minimum Gasteiger partial charge on any atom is -0.481 e. The second kappa shape index (κ2) is 4.33. The molecule has 1 saturated carbocycles. The summed E-state index contributed by atoms with van der Waals surface area (Å²) in [6.07, 6.45) is 1.71. The van der Waals surface area contributed by atoms with Crippen molar-refractivity contribution in [3.8, 4) is 0 Å². The zero-order valence-electron chi connectivity index (χ0n) is 9.97. The number of fused-ring (bicyclic) bond motifs is 1. The van der Waals surface area contributed by atoms with E-state index in [1.54, 1.807) is 0 Å². The highest BCUT2D eigenvalue weighted by Gasteiger charge is 2.36. The second-order valence-electron chi connectivity index (χ2n) is 4.83. The molecule has 0 saturated heterocycles. The van der Waals surface area contributed by atoms with Gasteiger partial charge in [0.1, 0.15) is 0 Å². The summed E-state index contributed by atoms with van der Waals surface area (Å²) in [5.41, 5.74) is 1.00. The summed E-state index contributed by atoms with van der Waals surface area (Å²) in [5.74, 6) is -0.934. The van der Waals surface area contributed by atoms with E-state index in [4.69, 9.17) is 5.11 Å². The smallest absolute Gasteiger partial charge is 0.308 e. The molecule has 2 aromatic carbocycles. The number of nitrogens with one attached hydrogen (secondary N) is 1. The van der Waals surface area contributed by atoms with Crippen molar-refractivity contribution in [2.24, 2.45) is 5.92 Å². The van der Waals surface area contributed by atoms with Gasteiger partial charge in [-0.1, -0.05) is 30.3 Å². The van der Waals surface area contributed by atoms with Gasteiger partial charge in [-0.15, -0.1) is 0 Å². The molecule has 1 fully saturated rings. The molecule has 3 heteroatoms. The Hall–Kier alpha value is -2.03. The SMILES string of the molecule is O=C(O)C1CCC1Nc1ccc2ccccc2c1. The van der Waals surface area contributed by atoms with Crippen molar-refractivity contribution < 1.29 is 9.90 Å². The van der Waals surface area contributed by atoms with Crippen LogP contribution in [0.25, 0.3) is 10.8 Å². The van der Waals surface area contributed by atoms with E-state index in [9.17, 15) is 4.79 Å². The van der Waals surface area contributed by atoms with E-state index in [2.05, 4.69) is 29.6 Å². The van der Waals surface area contributed by atoms with Gasteiger partial charge in [0.25, 0.3) is 0 Å². The van der Waals surface area contributed by atoms with E-state index in [0.29, 0.717) is 0 Å². The zero-order chi connectivity index (χ0) is 12.5. The van der Waals surface area contributed by atoms with Crippen molar-refractivity contribution in [1.29, 1.82) is 0 Å². The number of rotatable bonds is 3. The Kier molecular flexibility index (Phi) is 2.67. The minimum absolute atomic E-state index is 0.0728. The molecule has 1 aliphatic carbocycles. The second-order valence-corrected chi connectivity index (χ2v) is 4.83. The fraction of sp³-hybridized carbons (Fsp3) is 0.267. The standard InChI is InChI=1S/C15H15NO2/c17-15(18)13-7-8-14(13)16-12-6-5-10-3-1-2-4-11(10)9-12/h1-6,9,13-14,16H,7-8H2,(H,17,18). The molecule has 2 aromatic rings. The molecule has 92 valence electrons. The van der Waals surface area contributed by atoms with Crippen LogP contribution in [-0.2, 0) is 4.79 Å². The average molecular weight is 241 g/mol. The first-order valence-corrected chi connectivity index (χ1v) is 6.22. The van der Waals surface area contributed by atoms with Gasteiger partial charge in [0, 0.05) is 11.7 Å². The van der Waals surface area contributed by atoms with Gasteiger partial charge in [-0.25, -0.2) is 0 Å². The number of aliphatic carboxylic acids is 1. The number of anilines is 1. The maximum absolute atomic E-state index is 11.0. The van der Waals surface area contributed by atoms with E-state index in [1.165, 1.54) is 10.8 Å². The third kappa shape index (κ3) is 1.92. The van der Waals surface area contributed by atoms with Crippen LogP contribution >= 0.6 is 0 Å². The summed E-state index contributed by atoms with van der Waals surface area (Å²) in [6.45, 7) is 0. The van der Waals surface area contributed by atoms with Crippen LogP contribution in [-0.4, -0.2) is 17.1 Å². The molecular formula is C15H15NO2. The maximum atomic E-state index is 11.0. The number of benzene rings is 2. The molecule has 0 aliphatic heterocycles. The van der Waals surface area contributed by atoms with Crippen LogP contribution in [0.3, 0.4) is 0 Å². The highest BCUT2D eigenvalue weighted by Crippen LogP contribution is 2.31. The van der Waals surface area contributed by atoms with Crippen LogP contribution in [0.15, 0.2) is 42.5 Å². The third-order valence-electron chi connectivity index (χ3n) is 3.69. The van der Waals surface area contributed by atoms with Crippen LogP contribution in [0.4, 0.5) is 5.69 Å². The summed E-state index contributed by atoms with van der Waals surface area (Å²) in [4.78, 5) is 11.0. The number of carboxylic acids is 1. The predicted molar refractivity (Wildman–Crippen MR) is 71.7 cm³/mol. The lowest BCUT2D eigenvalue weighted by atomic mass is 9.79. The van der Waals surface area contributed by atoms with Crippen molar-refractivity contribution in [2.75, 3.05) is 5.32 Å². The Labute approximate surface area is 105 Å². The third-order valence-corrected chi connectivity index (χ3v) is 3.69. The van der Waals surface area contributed by atoms with E-state index in [0.717, 1.165) is 18.5 Å². The molecular weight excluding hydrogens is 226 g/mol. The molecule has 3 rings (SSSR count). The molecule has 2 atom stereocenters. The molecule has 0 aromatic heterocycles. The van der Waals surface area contributed by atoms with Gasteiger partial charge < -0.3 is 10.4 Å². The van der Waals surface area contributed by atoms with Gasteiger partial charge in [0.05, 0.1) is 5.92 Å². The zero-order valence-corrected chi connectivity index (χ0v) is 9.97. The van der Waals surface area contributed by atoms with Crippen LogP contribution in [0.2, 0.25) is 0 Å². The van der Waals surface area contributed by atoms with Crippen LogP contribution < -0.4 is 5.32 Å². The normalized spacial score (nSPS) is 22.4. The number of hydrogen-bond donors (Lipinski definition) is 2. The fourth-order valence-corrected chi connectivity index (χ4v) is 2.46. The highest BCUT2D eigenvalue weighted by molar-refractivity contribution is 5.85. The molecule has 18 heavy (non-hydrogen) atoms. The van der Waals surface area contributed by atoms with Crippen molar-refractivity contribution in [3.63, 3.8) is 0 Å². The van der Waals surface area contributed by atoms with Crippen molar-refractivity contribution in [1.82, 2.24) is 0 Å². The first kappa shape index (κ1) is 11.1. The topological polar surface area (TPSA) is 49.3 Å². The van der Waals surface area contributed by atoms with Crippen LogP contribution in [0.5, 0.6) is 0 Å². The van der Waals surface area contributed by atoms with Crippen molar-refractivity contribution in [2.45, 2.75) is 18.9 Å². The minimum atomic E-state index is -0.695. The molecule has 3 nitrogen and oxygen atoms in total. The van der Waals surface area contributed by atoms with E-state index in [-0.39, 0.29) is 12.0 Å². The number of carboxylic acid groups (broad SMARTS) is 1. The first-order chi connectivity index (χ1) is 8.74. The maximum Gasteiger partial charge on any atom is 0.308 e. The van der Waals surface area contributed by atoms with Gasteiger partial charge in [-0.05, 0) is 35.7 Å². The first-order valence-electron chi connectivity index (χ1n) is 6.22. The summed E-state index contributed by atoms with van der Waals surface area (Å²) in [6, 6.07) is 14.4. The highest BCUT2D eigenvalue weighted by atomic mass is 16.4. The lowest BCUT2D eigenvalue weighted by molar-refractivity contribution is -0.144. The van der Waals surface area contributed by atoms with Crippen molar-refractivity contribution >= 4 is 22.4 Å². The quantitative estimate of drug-likeness (QED) is 0.868. The molecule has 0 amide bonds. The van der Waals surface area contributed by atoms with Crippen LogP contribution in [0, 0.1) is 5.92 Å². The molecule has 0 spiro atoms. The van der Waals surface area contributed by atoms with Gasteiger partial charge in [0.2, 0.25) is 0 Å². The summed E-state index contributed by atoms with van der Waals surface area (Å²) in [7, 11) is 0. The Morgan fingerprint density at radius 2 is 1.89 bits per heavy atom. The Morgan fingerprint density at radius 3 is 2.56 bits per heavy atom. The van der Waals surface area contributed by atoms with Crippen molar-refractivity contribution in [3.05, 3.63) is 42.5 Å². The molecule has 2 N–H and O–H groups in total. The molecule has 0 radical (unpaired) electrons. The fourth-order valence-electron chi connectivity index (χ4n) is 2.46. The van der Waals surface area contributed by atoms with Gasteiger partial charge in [0.15, 0.2) is 0 Å². The Balaban J connectivity index is 1.81. The summed E-state index contributed by atoms with van der Waals surface area (Å²) in [5, 5.41) is 14.7. The predicted octanol–water partition coefficient (Wildman–Crippen LogP) is 3.11. The van der Waals surface area contributed by atoms with E-state index < -0.39 is 5.97 Å². The molecule has 0 heterocycles. The Bertz CT molecular complexity index is 594. The van der Waals surface area contributed by atoms with Crippen LogP contribution in [0.1, 0.15) is 12.8 Å². The van der Waals surface area contributed by atoms with E-state index in [1.807, 2.05) is 18.2 Å². The Morgan fingerprint density at radius 1 is 1.11 bits per heavy atom. The molecule has 0 bridgehead atoms. The molecule has 1 aliphatic rings. The number of hydrogen-bond acceptors (Lipinski definition) is 2. The lowest BCUT2D eigenvalue weighted by Crippen LogP contribution is -2.42. The van der Waals surface area contributed by atoms with E-state index >= 15 is 0 Å².